The van der Waals surface area contributed by atoms with Crippen LogP contribution in [0.25, 0.3) is 0 Å². The van der Waals surface area contributed by atoms with E-state index in [1.54, 1.807) is 0 Å². The maximum Gasteiger partial charge on any atom is 0.0588 e. The van der Waals surface area contributed by atoms with E-state index in [1.165, 1.54) is 18.4 Å². The maximum atomic E-state index is 5.71. The van der Waals surface area contributed by atoms with Crippen LogP contribution in [0.3, 0.4) is 0 Å². The van der Waals surface area contributed by atoms with Crippen LogP contribution in [0.5, 0.6) is 0 Å². The Labute approximate surface area is 97.0 Å². The molecule has 3 N–H and O–H groups in total. The number of nitrogens with one attached hydrogen (secondary N) is 1. The molecule has 1 aliphatic heterocycles. The number of rotatable bonds is 5. The van der Waals surface area contributed by atoms with Gasteiger partial charge in [-0.15, -0.1) is 0 Å². The summed E-state index contributed by atoms with van der Waals surface area (Å²) in [7, 11) is 0. The van der Waals surface area contributed by atoms with E-state index in [1.807, 2.05) is 18.2 Å². The number of nitrogen functional groups attached to an aromatic ring is 1. The minimum atomic E-state index is 0.480. The topological polar surface area (TPSA) is 47.3 Å². The summed E-state index contributed by atoms with van der Waals surface area (Å²) in [4.78, 5) is 0. The molecule has 1 atom stereocenters. The monoisotopic (exact) mass is 220 g/mol. The van der Waals surface area contributed by atoms with Crippen molar-refractivity contribution in [2.45, 2.75) is 31.9 Å². The molecule has 1 aliphatic rings. The Kier molecular flexibility index (Phi) is 4.19. The van der Waals surface area contributed by atoms with Gasteiger partial charge in [-0.05, 0) is 43.5 Å². The zero-order valence-corrected chi connectivity index (χ0v) is 9.61. The molecule has 1 aromatic rings. The molecule has 88 valence electrons. The summed E-state index contributed by atoms with van der Waals surface area (Å²) in [5.74, 6) is 0. The van der Waals surface area contributed by atoms with Crippen LogP contribution in [0.15, 0.2) is 24.3 Å². The van der Waals surface area contributed by atoms with Gasteiger partial charge in [0, 0.05) is 18.8 Å². The average molecular weight is 220 g/mol. The third-order valence-corrected chi connectivity index (χ3v) is 2.95. The van der Waals surface area contributed by atoms with Crippen molar-refractivity contribution in [3.8, 4) is 0 Å². The normalized spacial score (nSPS) is 20.1. The molecular formula is C13H20N2O. The van der Waals surface area contributed by atoms with Crippen LogP contribution in [-0.2, 0) is 11.3 Å². The quantitative estimate of drug-likeness (QED) is 0.589. The van der Waals surface area contributed by atoms with E-state index in [0.717, 1.165) is 31.8 Å². The zero-order chi connectivity index (χ0) is 11.2. The minimum absolute atomic E-state index is 0.480. The predicted octanol–water partition coefficient (Wildman–Crippen LogP) is 1.93. The lowest BCUT2D eigenvalue weighted by atomic mass is 10.1. The van der Waals surface area contributed by atoms with Crippen molar-refractivity contribution < 1.29 is 4.74 Å². The number of hydrogen-bond donors (Lipinski definition) is 2. The fourth-order valence-electron chi connectivity index (χ4n) is 2.07. The highest BCUT2D eigenvalue weighted by Gasteiger charge is 2.14. The van der Waals surface area contributed by atoms with Gasteiger partial charge in [-0.2, -0.15) is 0 Å². The summed E-state index contributed by atoms with van der Waals surface area (Å²) in [6, 6.07) is 8.01. The van der Waals surface area contributed by atoms with E-state index in [0.29, 0.717) is 6.10 Å². The molecule has 1 aromatic carbocycles. The van der Waals surface area contributed by atoms with Gasteiger partial charge in [0.05, 0.1) is 6.10 Å². The second kappa shape index (κ2) is 5.87. The Hall–Kier alpha value is -1.06. The van der Waals surface area contributed by atoms with Crippen LogP contribution in [-0.4, -0.2) is 19.3 Å². The van der Waals surface area contributed by atoms with Gasteiger partial charge in [-0.25, -0.2) is 0 Å². The van der Waals surface area contributed by atoms with Crippen LogP contribution in [0.1, 0.15) is 24.8 Å². The van der Waals surface area contributed by atoms with Crippen LogP contribution in [0.4, 0.5) is 5.69 Å². The maximum absolute atomic E-state index is 5.71. The molecule has 0 bridgehead atoms. The van der Waals surface area contributed by atoms with Crippen LogP contribution in [0, 0.1) is 0 Å². The fourth-order valence-corrected chi connectivity index (χ4v) is 2.07. The second-order valence-electron chi connectivity index (χ2n) is 4.35. The molecule has 3 nitrogen and oxygen atoms in total. The smallest absolute Gasteiger partial charge is 0.0588 e. The van der Waals surface area contributed by atoms with Crippen LogP contribution < -0.4 is 11.1 Å². The van der Waals surface area contributed by atoms with E-state index in [-0.39, 0.29) is 0 Å². The third-order valence-electron chi connectivity index (χ3n) is 2.95. The third kappa shape index (κ3) is 3.51. The first-order valence-corrected chi connectivity index (χ1v) is 6.01. The van der Waals surface area contributed by atoms with E-state index < -0.39 is 0 Å². The highest BCUT2D eigenvalue weighted by atomic mass is 16.5. The molecular weight excluding hydrogens is 200 g/mol. The number of hydrogen-bond acceptors (Lipinski definition) is 3. The predicted molar refractivity (Wildman–Crippen MR) is 66.2 cm³/mol. The van der Waals surface area contributed by atoms with Crippen molar-refractivity contribution in [1.82, 2.24) is 5.32 Å². The Balaban J connectivity index is 1.64. The molecule has 0 amide bonds. The largest absolute Gasteiger partial charge is 0.399 e. The summed E-state index contributed by atoms with van der Waals surface area (Å²) in [6.07, 6.45) is 4.04. The average Bonchev–Trinajstić information content (AvgIpc) is 2.77. The summed E-state index contributed by atoms with van der Waals surface area (Å²) >= 11 is 0. The summed E-state index contributed by atoms with van der Waals surface area (Å²) in [6.45, 7) is 2.84. The number of anilines is 1. The van der Waals surface area contributed by atoms with Gasteiger partial charge in [-0.3, -0.25) is 0 Å². The van der Waals surface area contributed by atoms with E-state index in [9.17, 15) is 0 Å². The zero-order valence-electron chi connectivity index (χ0n) is 9.61. The van der Waals surface area contributed by atoms with Crippen molar-refractivity contribution in [2.24, 2.45) is 0 Å². The standard InChI is InChI=1S/C13H20N2O/c14-12-4-1-3-11(9-12)10-15-7-6-13-5-2-8-16-13/h1,3-4,9,13,15H,2,5-8,10,14H2. The fraction of sp³-hybridized carbons (Fsp3) is 0.538. The minimum Gasteiger partial charge on any atom is -0.399 e. The first-order valence-electron chi connectivity index (χ1n) is 6.01. The van der Waals surface area contributed by atoms with Gasteiger partial charge in [0.2, 0.25) is 0 Å². The summed E-state index contributed by atoms with van der Waals surface area (Å²) in [5.41, 5.74) is 7.79. The van der Waals surface area contributed by atoms with Crippen LogP contribution in [0.2, 0.25) is 0 Å². The molecule has 0 saturated carbocycles. The number of nitrogens with two attached hydrogens (primary N) is 1. The first-order chi connectivity index (χ1) is 7.84. The first kappa shape index (κ1) is 11.4. The lowest BCUT2D eigenvalue weighted by Gasteiger charge is -2.10. The Morgan fingerprint density at radius 2 is 2.38 bits per heavy atom. The van der Waals surface area contributed by atoms with E-state index in [2.05, 4.69) is 11.4 Å². The van der Waals surface area contributed by atoms with Crippen molar-refractivity contribution in [3.63, 3.8) is 0 Å². The number of benzene rings is 1. The highest BCUT2D eigenvalue weighted by Crippen LogP contribution is 2.14. The molecule has 2 rings (SSSR count). The molecule has 1 unspecified atom stereocenters. The molecule has 1 saturated heterocycles. The van der Waals surface area contributed by atoms with Crippen molar-refractivity contribution in [1.29, 1.82) is 0 Å². The summed E-state index contributed by atoms with van der Waals surface area (Å²) in [5, 5.41) is 3.42. The van der Waals surface area contributed by atoms with E-state index in [4.69, 9.17) is 10.5 Å². The molecule has 0 spiro atoms. The summed E-state index contributed by atoms with van der Waals surface area (Å²) < 4.78 is 5.56. The van der Waals surface area contributed by atoms with Crippen LogP contribution >= 0.6 is 0 Å². The van der Waals surface area contributed by atoms with Gasteiger partial charge in [0.15, 0.2) is 0 Å². The Morgan fingerprint density at radius 1 is 1.44 bits per heavy atom. The van der Waals surface area contributed by atoms with Gasteiger partial charge in [0.25, 0.3) is 0 Å². The van der Waals surface area contributed by atoms with Crippen molar-refractivity contribution in [3.05, 3.63) is 29.8 Å². The Morgan fingerprint density at radius 3 is 3.12 bits per heavy atom. The van der Waals surface area contributed by atoms with Gasteiger partial charge >= 0.3 is 0 Å². The molecule has 0 radical (unpaired) electrons. The van der Waals surface area contributed by atoms with Crippen molar-refractivity contribution >= 4 is 5.69 Å². The molecule has 16 heavy (non-hydrogen) atoms. The van der Waals surface area contributed by atoms with Gasteiger partial charge in [0.1, 0.15) is 0 Å². The highest BCUT2D eigenvalue weighted by molar-refractivity contribution is 5.40. The van der Waals surface area contributed by atoms with Gasteiger partial charge in [-0.1, -0.05) is 12.1 Å². The molecule has 0 aromatic heterocycles. The lowest BCUT2D eigenvalue weighted by molar-refractivity contribution is 0.104. The molecule has 3 heteroatoms. The second-order valence-corrected chi connectivity index (χ2v) is 4.35. The SMILES string of the molecule is Nc1cccc(CNCCC2CCCO2)c1. The molecule has 1 fully saturated rings. The number of ether oxygens (including phenoxy) is 1. The molecule has 0 aliphatic carbocycles. The Bertz CT molecular complexity index is 321. The van der Waals surface area contributed by atoms with Crippen molar-refractivity contribution in [2.75, 3.05) is 18.9 Å². The molecule has 1 heterocycles. The van der Waals surface area contributed by atoms with E-state index >= 15 is 0 Å². The van der Waals surface area contributed by atoms with Gasteiger partial charge < -0.3 is 15.8 Å². The lowest BCUT2D eigenvalue weighted by Crippen LogP contribution is -2.19.